The lowest BCUT2D eigenvalue weighted by Crippen LogP contribution is -2.44. The standard InChI is InChI=1S/C24H26ClN5O3/c1-33-21-10-6-5-8-19(21)26-15-22(31)27-28-24(32)23-18-7-3-2-4-9-20(18)30(29-23)17-13-11-16(25)12-14-17/h5-6,8,10-14,26H,2-4,7,9,15H2,1H3,(H,27,31)(H,28,32). The van der Waals surface area contributed by atoms with Gasteiger partial charge in [-0.15, -0.1) is 0 Å². The largest absolute Gasteiger partial charge is 0.495 e. The summed E-state index contributed by atoms with van der Waals surface area (Å²) in [7, 11) is 1.56. The van der Waals surface area contributed by atoms with Crippen LogP contribution in [0.25, 0.3) is 5.69 Å². The molecule has 172 valence electrons. The van der Waals surface area contributed by atoms with E-state index < -0.39 is 11.8 Å². The lowest BCUT2D eigenvalue weighted by atomic mass is 10.1. The minimum absolute atomic E-state index is 0.0298. The molecular formula is C24H26ClN5O3. The summed E-state index contributed by atoms with van der Waals surface area (Å²) in [6.07, 6.45) is 4.75. The lowest BCUT2D eigenvalue weighted by Gasteiger charge is -2.11. The van der Waals surface area contributed by atoms with Gasteiger partial charge in [0.05, 0.1) is 25.0 Å². The molecule has 9 heteroatoms. The Kier molecular flexibility index (Phi) is 7.14. The van der Waals surface area contributed by atoms with E-state index in [9.17, 15) is 9.59 Å². The third-order valence-corrected chi connectivity index (χ3v) is 5.83. The average molecular weight is 468 g/mol. The quantitative estimate of drug-likeness (QED) is 0.379. The molecular weight excluding hydrogens is 442 g/mol. The molecule has 0 atom stereocenters. The van der Waals surface area contributed by atoms with Gasteiger partial charge in [-0.1, -0.05) is 30.2 Å². The first-order valence-electron chi connectivity index (χ1n) is 10.9. The Morgan fingerprint density at radius 1 is 1.03 bits per heavy atom. The number of hydrazine groups is 1. The van der Waals surface area contributed by atoms with Crippen LogP contribution in [0, 0.1) is 0 Å². The van der Waals surface area contributed by atoms with E-state index in [1.165, 1.54) is 0 Å². The summed E-state index contributed by atoms with van der Waals surface area (Å²) in [6, 6.07) is 14.7. The maximum Gasteiger partial charge on any atom is 0.290 e. The number of para-hydroxylation sites is 2. The van der Waals surface area contributed by atoms with Gasteiger partial charge in [0.25, 0.3) is 11.8 Å². The molecule has 0 bridgehead atoms. The minimum Gasteiger partial charge on any atom is -0.495 e. The first-order chi connectivity index (χ1) is 16.1. The number of methoxy groups -OCH3 is 1. The van der Waals surface area contributed by atoms with Crippen molar-refractivity contribution in [2.75, 3.05) is 19.0 Å². The molecule has 4 rings (SSSR count). The number of nitrogens with one attached hydrogen (secondary N) is 3. The van der Waals surface area contributed by atoms with Gasteiger partial charge in [0.15, 0.2) is 5.69 Å². The highest BCUT2D eigenvalue weighted by molar-refractivity contribution is 6.30. The first kappa shape index (κ1) is 22.7. The summed E-state index contributed by atoms with van der Waals surface area (Å²) < 4.78 is 7.08. The van der Waals surface area contributed by atoms with Crippen LogP contribution in [-0.2, 0) is 17.6 Å². The average Bonchev–Trinajstić information content (AvgIpc) is 3.02. The molecule has 3 N–H and O–H groups in total. The molecule has 3 aromatic rings. The number of carbonyl (C=O) groups is 2. The van der Waals surface area contributed by atoms with Gasteiger partial charge >= 0.3 is 0 Å². The third-order valence-electron chi connectivity index (χ3n) is 5.58. The Morgan fingerprint density at radius 2 is 1.79 bits per heavy atom. The van der Waals surface area contributed by atoms with Crippen LogP contribution < -0.4 is 20.9 Å². The van der Waals surface area contributed by atoms with Gasteiger partial charge in [-0.25, -0.2) is 4.68 Å². The number of aromatic nitrogens is 2. The normalized spacial score (nSPS) is 12.9. The summed E-state index contributed by atoms with van der Waals surface area (Å²) >= 11 is 6.03. The van der Waals surface area contributed by atoms with E-state index in [-0.39, 0.29) is 6.54 Å². The molecule has 0 saturated carbocycles. The molecule has 1 aromatic heterocycles. The molecule has 8 nitrogen and oxygen atoms in total. The smallest absolute Gasteiger partial charge is 0.290 e. The SMILES string of the molecule is COc1ccccc1NCC(=O)NNC(=O)c1nn(-c2ccc(Cl)cc2)c2c1CCCCC2. The van der Waals surface area contributed by atoms with Crippen molar-refractivity contribution in [2.24, 2.45) is 0 Å². The first-order valence-corrected chi connectivity index (χ1v) is 11.3. The van der Waals surface area contributed by atoms with Crippen molar-refractivity contribution in [3.63, 3.8) is 0 Å². The van der Waals surface area contributed by atoms with Gasteiger partial charge in [-0.2, -0.15) is 5.10 Å². The van der Waals surface area contributed by atoms with Crippen molar-refractivity contribution in [3.05, 3.63) is 70.5 Å². The van der Waals surface area contributed by atoms with E-state index in [1.54, 1.807) is 25.3 Å². The topological polar surface area (TPSA) is 97.3 Å². The number of amides is 2. The van der Waals surface area contributed by atoms with Gasteiger partial charge in [0, 0.05) is 16.3 Å². The third kappa shape index (κ3) is 5.28. The molecule has 1 aliphatic carbocycles. The molecule has 0 unspecified atom stereocenters. The fraction of sp³-hybridized carbons (Fsp3) is 0.292. The number of ether oxygens (including phenoxy) is 1. The fourth-order valence-corrected chi connectivity index (χ4v) is 4.08. The summed E-state index contributed by atoms with van der Waals surface area (Å²) in [5.74, 6) is -0.200. The molecule has 0 saturated heterocycles. The monoisotopic (exact) mass is 467 g/mol. The van der Waals surface area contributed by atoms with E-state index in [0.29, 0.717) is 22.2 Å². The van der Waals surface area contributed by atoms with E-state index in [4.69, 9.17) is 16.3 Å². The second kappa shape index (κ2) is 10.4. The minimum atomic E-state index is -0.438. The summed E-state index contributed by atoms with van der Waals surface area (Å²) in [5, 5.41) is 8.24. The van der Waals surface area contributed by atoms with Crippen molar-refractivity contribution >= 4 is 29.1 Å². The highest BCUT2D eigenvalue weighted by Crippen LogP contribution is 2.27. The number of rotatable bonds is 6. The molecule has 0 aliphatic heterocycles. The van der Waals surface area contributed by atoms with E-state index in [1.807, 2.05) is 35.0 Å². The highest BCUT2D eigenvalue weighted by Gasteiger charge is 2.25. The zero-order valence-electron chi connectivity index (χ0n) is 18.4. The molecule has 0 fully saturated rings. The maximum atomic E-state index is 12.9. The van der Waals surface area contributed by atoms with Gasteiger partial charge in [-0.05, 0) is 62.1 Å². The second-order valence-electron chi connectivity index (χ2n) is 7.78. The predicted molar refractivity (Wildman–Crippen MR) is 127 cm³/mol. The zero-order valence-corrected chi connectivity index (χ0v) is 19.1. The Hall–Kier alpha value is -3.52. The van der Waals surface area contributed by atoms with Crippen LogP contribution in [0.5, 0.6) is 5.75 Å². The fourth-order valence-electron chi connectivity index (χ4n) is 3.95. The van der Waals surface area contributed by atoms with Gasteiger partial charge < -0.3 is 10.1 Å². The molecule has 0 spiro atoms. The maximum absolute atomic E-state index is 12.9. The molecule has 2 aromatic carbocycles. The van der Waals surface area contributed by atoms with Gasteiger partial charge in [0.1, 0.15) is 5.75 Å². The van der Waals surface area contributed by atoms with Crippen LogP contribution in [0.2, 0.25) is 5.02 Å². The Morgan fingerprint density at radius 3 is 2.58 bits per heavy atom. The number of hydrogen-bond acceptors (Lipinski definition) is 5. The number of carbonyl (C=O) groups excluding carboxylic acids is 2. The lowest BCUT2D eigenvalue weighted by molar-refractivity contribution is -0.120. The Labute approximate surface area is 197 Å². The van der Waals surface area contributed by atoms with Crippen LogP contribution in [0.4, 0.5) is 5.69 Å². The highest BCUT2D eigenvalue weighted by atomic mass is 35.5. The Balaban J connectivity index is 1.45. The van der Waals surface area contributed by atoms with Gasteiger partial charge in [-0.3, -0.25) is 20.4 Å². The van der Waals surface area contributed by atoms with Crippen molar-refractivity contribution in [3.8, 4) is 11.4 Å². The van der Waals surface area contributed by atoms with Crippen molar-refractivity contribution in [2.45, 2.75) is 32.1 Å². The predicted octanol–water partition coefficient (Wildman–Crippen LogP) is 3.68. The van der Waals surface area contributed by atoms with Crippen LogP contribution >= 0.6 is 11.6 Å². The van der Waals surface area contributed by atoms with Crippen LogP contribution in [0.3, 0.4) is 0 Å². The summed E-state index contributed by atoms with van der Waals surface area (Å²) in [6.45, 7) is -0.0298. The molecule has 1 aliphatic rings. The number of anilines is 1. The number of hydrogen-bond donors (Lipinski definition) is 3. The van der Waals surface area contributed by atoms with Crippen LogP contribution in [0.1, 0.15) is 41.0 Å². The number of nitrogens with zero attached hydrogens (tertiary/aromatic N) is 2. The van der Waals surface area contributed by atoms with E-state index in [0.717, 1.165) is 49.0 Å². The second-order valence-corrected chi connectivity index (χ2v) is 8.22. The van der Waals surface area contributed by atoms with Crippen LogP contribution in [-0.4, -0.2) is 35.2 Å². The number of benzene rings is 2. The van der Waals surface area contributed by atoms with Crippen molar-refractivity contribution in [1.82, 2.24) is 20.6 Å². The Bertz CT molecular complexity index is 1140. The summed E-state index contributed by atoms with van der Waals surface area (Å²) in [4.78, 5) is 25.2. The molecule has 33 heavy (non-hydrogen) atoms. The van der Waals surface area contributed by atoms with Crippen LogP contribution in [0.15, 0.2) is 48.5 Å². The molecule has 1 heterocycles. The number of fused-ring (bicyclic) bond motifs is 1. The van der Waals surface area contributed by atoms with Crippen molar-refractivity contribution in [1.29, 1.82) is 0 Å². The summed E-state index contributed by atoms with van der Waals surface area (Å²) in [5.41, 5.74) is 8.79. The van der Waals surface area contributed by atoms with E-state index >= 15 is 0 Å². The van der Waals surface area contributed by atoms with Gasteiger partial charge in [0.2, 0.25) is 0 Å². The van der Waals surface area contributed by atoms with Crippen molar-refractivity contribution < 1.29 is 14.3 Å². The zero-order chi connectivity index (χ0) is 23.2. The number of halogens is 1. The molecule has 2 amide bonds. The molecule has 0 radical (unpaired) electrons. The van der Waals surface area contributed by atoms with E-state index in [2.05, 4.69) is 21.3 Å².